The molecule has 0 radical (unpaired) electrons. The number of hydrogen-bond acceptors (Lipinski definition) is 2. The molecule has 2 nitrogen and oxygen atoms in total. The number of halogens is 2. The summed E-state index contributed by atoms with van der Waals surface area (Å²) < 4.78 is 5.89. The van der Waals surface area contributed by atoms with Crippen molar-refractivity contribution < 1.29 is 4.74 Å². The van der Waals surface area contributed by atoms with Crippen LogP contribution in [0.1, 0.15) is 16.7 Å². The Morgan fingerprint density at radius 2 is 1.56 bits per heavy atom. The van der Waals surface area contributed by atoms with Crippen molar-refractivity contribution in [2.24, 2.45) is 0 Å². The van der Waals surface area contributed by atoms with Gasteiger partial charge in [-0.2, -0.15) is 0 Å². The quantitative estimate of drug-likeness (QED) is 0.534. The molecule has 128 valence electrons. The minimum Gasteiger partial charge on any atom is -0.489 e. The van der Waals surface area contributed by atoms with Crippen molar-refractivity contribution in [2.45, 2.75) is 20.1 Å². The lowest BCUT2D eigenvalue weighted by Crippen LogP contribution is -2.00. The van der Waals surface area contributed by atoms with Crippen LogP contribution in [0.15, 0.2) is 66.7 Å². The number of anilines is 1. The summed E-state index contributed by atoms with van der Waals surface area (Å²) in [5, 5.41) is 4.56. The summed E-state index contributed by atoms with van der Waals surface area (Å²) in [4.78, 5) is 0. The van der Waals surface area contributed by atoms with Crippen molar-refractivity contribution in [3.05, 3.63) is 93.5 Å². The minimum atomic E-state index is 0.557. The molecule has 0 aliphatic rings. The molecule has 0 atom stereocenters. The molecule has 4 heteroatoms. The summed E-state index contributed by atoms with van der Waals surface area (Å²) in [5.41, 5.74) is 4.42. The van der Waals surface area contributed by atoms with Crippen molar-refractivity contribution in [3.63, 3.8) is 0 Å². The second-order valence-corrected chi connectivity index (χ2v) is 6.81. The fourth-order valence-corrected chi connectivity index (χ4v) is 2.98. The van der Waals surface area contributed by atoms with E-state index < -0.39 is 0 Å². The van der Waals surface area contributed by atoms with Crippen LogP contribution >= 0.6 is 23.2 Å². The second kappa shape index (κ2) is 8.28. The van der Waals surface area contributed by atoms with Crippen LogP contribution in [0.5, 0.6) is 5.75 Å². The van der Waals surface area contributed by atoms with Crippen LogP contribution in [0, 0.1) is 6.92 Å². The highest BCUT2D eigenvalue weighted by molar-refractivity contribution is 6.35. The molecule has 3 rings (SSSR count). The van der Waals surface area contributed by atoms with Crippen LogP contribution in [0.2, 0.25) is 10.0 Å². The van der Waals surface area contributed by atoms with Gasteiger partial charge in [0.1, 0.15) is 12.4 Å². The molecule has 0 amide bonds. The Morgan fingerprint density at radius 3 is 2.28 bits per heavy atom. The predicted molar refractivity (Wildman–Crippen MR) is 106 cm³/mol. The van der Waals surface area contributed by atoms with Crippen LogP contribution in [0.25, 0.3) is 0 Å². The van der Waals surface area contributed by atoms with Crippen LogP contribution in [-0.2, 0) is 13.2 Å². The largest absolute Gasteiger partial charge is 0.489 e. The zero-order chi connectivity index (χ0) is 17.6. The van der Waals surface area contributed by atoms with E-state index in [2.05, 4.69) is 42.6 Å². The number of benzene rings is 3. The first-order valence-corrected chi connectivity index (χ1v) is 8.81. The molecule has 0 unspecified atom stereocenters. The van der Waals surface area contributed by atoms with Gasteiger partial charge in [-0.15, -0.1) is 0 Å². The standard InChI is InChI=1S/C21H19Cl2NO/c1-15-5-7-16(8-6-15)14-25-21-4-2-3-17(9-21)13-24-20-11-18(22)10-19(23)12-20/h2-12,24H,13-14H2,1H3. The molecule has 0 aliphatic carbocycles. The Balaban J connectivity index is 1.60. The molecule has 0 saturated heterocycles. The third-order valence-electron chi connectivity index (χ3n) is 3.78. The minimum absolute atomic E-state index is 0.557. The summed E-state index contributed by atoms with van der Waals surface area (Å²) in [6.45, 7) is 3.30. The third kappa shape index (κ3) is 5.42. The molecule has 0 spiro atoms. The second-order valence-electron chi connectivity index (χ2n) is 5.93. The van der Waals surface area contributed by atoms with Gasteiger partial charge in [0.05, 0.1) is 0 Å². The van der Waals surface area contributed by atoms with E-state index in [1.165, 1.54) is 5.56 Å². The monoisotopic (exact) mass is 371 g/mol. The zero-order valence-corrected chi connectivity index (χ0v) is 15.4. The van der Waals surface area contributed by atoms with Crippen LogP contribution in [-0.4, -0.2) is 0 Å². The summed E-state index contributed by atoms with van der Waals surface area (Å²) in [7, 11) is 0. The first kappa shape index (κ1) is 17.7. The van der Waals surface area contributed by atoms with Crippen molar-refractivity contribution in [2.75, 3.05) is 5.32 Å². The number of nitrogens with one attached hydrogen (secondary N) is 1. The lowest BCUT2D eigenvalue weighted by Gasteiger charge is -2.10. The van der Waals surface area contributed by atoms with E-state index in [-0.39, 0.29) is 0 Å². The molecule has 0 bridgehead atoms. The van der Waals surface area contributed by atoms with Gasteiger partial charge in [-0.1, -0.05) is 65.2 Å². The van der Waals surface area contributed by atoms with E-state index in [0.29, 0.717) is 23.2 Å². The molecule has 25 heavy (non-hydrogen) atoms. The summed E-state index contributed by atoms with van der Waals surface area (Å²) >= 11 is 12.0. The molecule has 3 aromatic carbocycles. The van der Waals surface area contributed by atoms with E-state index in [1.807, 2.05) is 30.3 Å². The average molecular weight is 372 g/mol. The summed E-state index contributed by atoms with van der Waals surface area (Å²) in [5.74, 6) is 0.851. The van der Waals surface area contributed by atoms with Gasteiger partial charge in [0.15, 0.2) is 0 Å². The van der Waals surface area contributed by atoms with Gasteiger partial charge in [0, 0.05) is 22.3 Å². The van der Waals surface area contributed by atoms with E-state index in [1.54, 1.807) is 6.07 Å². The normalized spacial score (nSPS) is 10.5. The van der Waals surface area contributed by atoms with Crippen molar-refractivity contribution in [3.8, 4) is 5.75 Å². The number of hydrogen-bond donors (Lipinski definition) is 1. The van der Waals surface area contributed by atoms with Gasteiger partial charge in [0.2, 0.25) is 0 Å². The maximum absolute atomic E-state index is 6.02. The molecule has 0 aliphatic heterocycles. The number of rotatable bonds is 6. The molecule has 0 aromatic heterocycles. The van der Waals surface area contributed by atoms with E-state index in [4.69, 9.17) is 27.9 Å². The molecule has 0 saturated carbocycles. The van der Waals surface area contributed by atoms with Crippen molar-refractivity contribution in [1.29, 1.82) is 0 Å². The van der Waals surface area contributed by atoms with Gasteiger partial charge in [0.25, 0.3) is 0 Å². The van der Waals surface area contributed by atoms with Crippen LogP contribution in [0.4, 0.5) is 5.69 Å². The SMILES string of the molecule is Cc1ccc(COc2cccc(CNc3cc(Cl)cc(Cl)c3)c2)cc1. The molecule has 3 aromatic rings. The molecular weight excluding hydrogens is 353 g/mol. The van der Waals surface area contributed by atoms with Crippen LogP contribution in [0.3, 0.4) is 0 Å². The third-order valence-corrected chi connectivity index (χ3v) is 4.22. The highest BCUT2D eigenvalue weighted by Gasteiger charge is 2.01. The lowest BCUT2D eigenvalue weighted by atomic mass is 10.1. The fourth-order valence-electron chi connectivity index (χ4n) is 2.46. The molecule has 0 fully saturated rings. The zero-order valence-electron chi connectivity index (χ0n) is 13.9. The van der Waals surface area contributed by atoms with E-state index in [0.717, 1.165) is 22.6 Å². The highest BCUT2D eigenvalue weighted by Crippen LogP contribution is 2.23. The smallest absolute Gasteiger partial charge is 0.120 e. The Bertz CT molecular complexity index is 827. The molecular formula is C21H19Cl2NO. The van der Waals surface area contributed by atoms with Crippen molar-refractivity contribution >= 4 is 28.9 Å². The van der Waals surface area contributed by atoms with Gasteiger partial charge in [-0.25, -0.2) is 0 Å². The van der Waals surface area contributed by atoms with Crippen molar-refractivity contribution in [1.82, 2.24) is 0 Å². The average Bonchev–Trinajstić information content (AvgIpc) is 2.59. The number of ether oxygens (including phenoxy) is 1. The van der Waals surface area contributed by atoms with Crippen LogP contribution < -0.4 is 10.1 Å². The topological polar surface area (TPSA) is 21.3 Å². The van der Waals surface area contributed by atoms with E-state index >= 15 is 0 Å². The maximum Gasteiger partial charge on any atom is 0.120 e. The lowest BCUT2D eigenvalue weighted by molar-refractivity contribution is 0.306. The maximum atomic E-state index is 6.02. The Hall–Kier alpha value is -2.16. The molecule has 1 N–H and O–H groups in total. The highest BCUT2D eigenvalue weighted by atomic mass is 35.5. The fraction of sp³-hybridized carbons (Fsp3) is 0.143. The Kier molecular flexibility index (Phi) is 5.85. The van der Waals surface area contributed by atoms with E-state index in [9.17, 15) is 0 Å². The number of aryl methyl sites for hydroxylation is 1. The summed E-state index contributed by atoms with van der Waals surface area (Å²) in [6, 6.07) is 21.8. The Morgan fingerprint density at radius 1 is 0.840 bits per heavy atom. The van der Waals surface area contributed by atoms with Gasteiger partial charge < -0.3 is 10.1 Å². The first-order chi connectivity index (χ1) is 12.1. The van der Waals surface area contributed by atoms with Gasteiger partial charge in [-0.05, 0) is 48.4 Å². The summed E-state index contributed by atoms with van der Waals surface area (Å²) in [6.07, 6.45) is 0. The van der Waals surface area contributed by atoms with Gasteiger partial charge in [-0.3, -0.25) is 0 Å². The predicted octanol–water partition coefficient (Wildman–Crippen LogP) is 6.49. The first-order valence-electron chi connectivity index (χ1n) is 8.06. The molecule has 0 heterocycles. The van der Waals surface area contributed by atoms with Gasteiger partial charge >= 0.3 is 0 Å². The Labute approximate surface area is 158 Å².